The summed E-state index contributed by atoms with van der Waals surface area (Å²) >= 11 is 1.51. The van der Waals surface area contributed by atoms with Gasteiger partial charge in [0.15, 0.2) is 0 Å². The monoisotopic (exact) mass is 494 g/mol. The number of nitrogens with zero attached hydrogens (tertiary/aromatic N) is 1. The van der Waals surface area contributed by atoms with Crippen molar-refractivity contribution >= 4 is 23.8 Å². The molecule has 4 rings (SSSR count). The van der Waals surface area contributed by atoms with Gasteiger partial charge in [0.2, 0.25) is 5.89 Å². The number of hydrogen-bond acceptors (Lipinski definition) is 6. The maximum Gasteiger partial charge on any atom is 0.407 e. The normalized spacial score (nSPS) is 13.7. The van der Waals surface area contributed by atoms with E-state index in [1.807, 2.05) is 36.4 Å². The van der Waals surface area contributed by atoms with Crippen molar-refractivity contribution in [1.82, 2.24) is 10.3 Å². The quantitative estimate of drug-likeness (QED) is 0.374. The van der Waals surface area contributed by atoms with Crippen LogP contribution in [-0.2, 0) is 20.7 Å². The highest BCUT2D eigenvalue weighted by Gasteiger charge is 2.29. The topological polar surface area (TPSA) is 102 Å². The third-order valence-corrected chi connectivity index (χ3v) is 6.98. The summed E-state index contributed by atoms with van der Waals surface area (Å²) in [6.45, 7) is 6.30. The van der Waals surface area contributed by atoms with E-state index < -0.39 is 18.1 Å². The number of thioether (sulfide) groups is 1. The molecule has 0 radical (unpaired) electrons. The summed E-state index contributed by atoms with van der Waals surface area (Å²) < 4.78 is 11.2. The second kappa shape index (κ2) is 10.6. The number of benzene rings is 2. The summed E-state index contributed by atoms with van der Waals surface area (Å²) in [6, 6.07) is 15.1. The van der Waals surface area contributed by atoms with Crippen molar-refractivity contribution in [3.05, 3.63) is 77.5 Å². The van der Waals surface area contributed by atoms with Gasteiger partial charge in [-0.05, 0) is 34.4 Å². The zero-order chi connectivity index (χ0) is 25.0. The van der Waals surface area contributed by atoms with E-state index in [1.54, 1.807) is 6.20 Å². The van der Waals surface area contributed by atoms with Gasteiger partial charge in [-0.2, -0.15) is 11.8 Å². The Morgan fingerprint density at radius 1 is 1.11 bits per heavy atom. The summed E-state index contributed by atoms with van der Waals surface area (Å²) in [5, 5.41) is 12.1. The number of oxazole rings is 1. The molecule has 3 aromatic rings. The number of carboxylic acid groups (broad SMARTS) is 1. The van der Waals surface area contributed by atoms with Crippen LogP contribution in [0.3, 0.4) is 0 Å². The Morgan fingerprint density at radius 2 is 1.74 bits per heavy atom. The van der Waals surface area contributed by atoms with Crippen molar-refractivity contribution in [2.75, 3.05) is 12.4 Å². The molecule has 184 valence electrons. The van der Waals surface area contributed by atoms with E-state index in [-0.39, 0.29) is 24.4 Å². The Balaban J connectivity index is 1.27. The molecule has 0 saturated heterocycles. The SMILES string of the molecule is CC(C)(C)c1cnc(CSCCC(NC(=O)OCC2c3ccccc3-c3ccccc32)C(=O)O)o1. The van der Waals surface area contributed by atoms with Crippen molar-refractivity contribution in [3.63, 3.8) is 0 Å². The lowest BCUT2D eigenvalue weighted by Crippen LogP contribution is -2.41. The number of aliphatic carboxylic acids is 1. The van der Waals surface area contributed by atoms with Gasteiger partial charge in [-0.15, -0.1) is 0 Å². The largest absolute Gasteiger partial charge is 0.480 e. The van der Waals surface area contributed by atoms with Gasteiger partial charge in [-0.25, -0.2) is 14.6 Å². The minimum absolute atomic E-state index is 0.0780. The first-order chi connectivity index (χ1) is 16.7. The molecule has 7 nitrogen and oxygen atoms in total. The fourth-order valence-corrected chi connectivity index (χ4v) is 4.98. The van der Waals surface area contributed by atoms with Gasteiger partial charge in [0, 0.05) is 11.3 Å². The third kappa shape index (κ3) is 5.88. The van der Waals surface area contributed by atoms with Crippen LogP contribution < -0.4 is 5.32 Å². The molecular formula is C27H30N2O5S. The average molecular weight is 495 g/mol. The second-order valence-electron chi connectivity index (χ2n) is 9.57. The predicted molar refractivity (Wildman–Crippen MR) is 136 cm³/mol. The van der Waals surface area contributed by atoms with E-state index in [2.05, 4.69) is 43.2 Å². The number of rotatable bonds is 9. The lowest BCUT2D eigenvalue weighted by molar-refractivity contribution is -0.139. The Morgan fingerprint density at radius 3 is 2.31 bits per heavy atom. The highest BCUT2D eigenvalue weighted by Crippen LogP contribution is 2.44. The molecule has 1 aliphatic carbocycles. The Labute approximate surface area is 209 Å². The maximum absolute atomic E-state index is 12.5. The van der Waals surface area contributed by atoms with Crippen molar-refractivity contribution < 1.29 is 23.8 Å². The number of carbonyl (C=O) groups is 2. The molecule has 8 heteroatoms. The standard InChI is InChI=1S/C27H30N2O5S/c1-27(2,3)23-14-28-24(34-23)16-35-13-12-22(25(30)31)29-26(32)33-15-21-19-10-6-4-8-17(19)18-9-5-7-11-20(18)21/h4-11,14,21-22H,12-13,15-16H2,1-3H3,(H,29,32)(H,30,31). The molecule has 0 bridgehead atoms. The number of amides is 1. The first kappa shape index (κ1) is 24.9. The molecule has 1 aromatic heterocycles. The summed E-state index contributed by atoms with van der Waals surface area (Å²) in [6.07, 6.45) is 1.26. The lowest BCUT2D eigenvalue weighted by Gasteiger charge is -2.17. The summed E-state index contributed by atoms with van der Waals surface area (Å²) in [7, 11) is 0. The number of fused-ring (bicyclic) bond motifs is 3. The van der Waals surface area contributed by atoms with Crippen molar-refractivity contribution in [3.8, 4) is 11.1 Å². The predicted octanol–water partition coefficient (Wildman–Crippen LogP) is 5.59. The average Bonchev–Trinajstić information content (AvgIpc) is 3.43. The van der Waals surface area contributed by atoms with Gasteiger partial charge in [0.25, 0.3) is 0 Å². The Kier molecular flexibility index (Phi) is 7.50. The molecular weight excluding hydrogens is 464 g/mol. The van der Waals surface area contributed by atoms with Crippen LogP contribution in [0.1, 0.15) is 55.9 Å². The number of carboxylic acids is 1. The van der Waals surface area contributed by atoms with Crippen LogP contribution in [0.4, 0.5) is 4.79 Å². The van der Waals surface area contributed by atoms with Gasteiger partial charge in [0.1, 0.15) is 18.4 Å². The van der Waals surface area contributed by atoms with Gasteiger partial charge >= 0.3 is 12.1 Å². The van der Waals surface area contributed by atoms with Crippen LogP contribution in [0.25, 0.3) is 11.1 Å². The number of ether oxygens (including phenoxy) is 1. The fourth-order valence-electron chi connectivity index (χ4n) is 4.12. The number of aromatic nitrogens is 1. The summed E-state index contributed by atoms with van der Waals surface area (Å²) in [5.74, 6) is 1.31. The van der Waals surface area contributed by atoms with Crippen molar-refractivity contribution in [2.24, 2.45) is 0 Å². The van der Waals surface area contributed by atoms with Crippen LogP contribution in [0.5, 0.6) is 0 Å². The van der Waals surface area contributed by atoms with Gasteiger partial charge in [-0.3, -0.25) is 0 Å². The van der Waals surface area contributed by atoms with E-state index >= 15 is 0 Å². The van der Waals surface area contributed by atoms with Crippen molar-refractivity contribution in [2.45, 2.75) is 50.3 Å². The van der Waals surface area contributed by atoms with E-state index in [9.17, 15) is 14.7 Å². The summed E-state index contributed by atoms with van der Waals surface area (Å²) in [5.41, 5.74) is 4.37. The van der Waals surface area contributed by atoms with Crippen LogP contribution in [0, 0.1) is 0 Å². The van der Waals surface area contributed by atoms with Crippen molar-refractivity contribution in [1.29, 1.82) is 0 Å². The molecule has 0 saturated carbocycles. The second-order valence-corrected chi connectivity index (χ2v) is 10.7. The van der Waals surface area contributed by atoms with Gasteiger partial charge in [0.05, 0.1) is 11.9 Å². The highest BCUT2D eigenvalue weighted by atomic mass is 32.2. The molecule has 1 amide bonds. The van der Waals surface area contributed by atoms with Gasteiger partial charge < -0.3 is 19.6 Å². The molecule has 1 heterocycles. The van der Waals surface area contributed by atoms with Crippen LogP contribution in [0.2, 0.25) is 0 Å². The van der Waals surface area contributed by atoms with Crippen LogP contribution in [0.15, 0.2) is 59.1 Å². The first-order valence-corrected chi connectivity index (χ1v) is 12.8. The van der Waals surface area contributed by atoms with E-state index in [4.69, 9.17) is 9.15 Å². The highest BCUT2D eigenvalue weighted by molar-refractivity contribution is 7.98. The minimum atomic E-state index is -1.09. The number of carbonyl (C=O) groups excluding carboxylic acids is 1. The van der Waals surface area contributed by atoms with Crippen LogP contribution >= 0.6 is 11.8 Å². The van der Waals surface area contributed by atoms with E-state index in [0.717, 1.165) is 28.0 Å². The zero-order valence-corrected chi connectivity index (χ0v) is 20.9. The molecule has 0 aliphatic heterocycles. The summed E-state index contributed by atoms with van der Waals surface area (Å²) in [4.78, 5) is 28.4. The van der Waals surface area contributed by atoms with E-state index in [1.165, 1.54) is 11.8 Å². The number of alkyl carbamates (subject to hydrolysis) is 1. The first-order valence-electron chi connectivity index (χ1n) is 11.6. The number of hydrogen-bond donors (Lipinski definition) is 2. The molecule has 0 fully saturated rings. The maximum atomic E-state index is 12.5. The molecule has 2 aromatic carbocycles. The molecule has 1 aliphatic rings. The minimum Gasteiger partial charge on any atom is -0.480 e. The third-order valence-electron chi connectivity index (χ3n) is 6.00. The lowest BCUT2D eigenvalue weighted by atomic mass is 9.94. The van der Waals surface area contributed by atoms with E-state index in [0.29, 0.717) is 17.4 Å². The number of nitrogens with one attached hydrogen (secondary N) is 1. The molecule has 2 N–H and O–H groups in total. The fraction of sp³-hybridized carbons (Fsp3) is 0.370. The molecule has 0 spiro atoms. The smallest absolute Gasteiger partial charge is 0.407 e. The zero-order valence-electron chi connectivity index (χ0n) is 20.1. The van der Waals surface area contributed by atoms with Crippen LogP contribution in [-0.4, -0.2) is 40.6 Å². The molecule has 35 heavy (non-hydrogen) atoms. The Bertz CT molecular complexity index is 1150. The Hall–Kier alpha value is -3.26. The van der Waals surface area contributed by atoms with Gasteiger partial charge in [-0.1, -0.05) is 69.3 Å². The molecule has 1 unspecified atom stereocenters. The molecule has 1 atom stereocenters.